The third-order valence-corrected chi connectivity index (χ3v) is 5.31. The topological polar surface area (TPSA) is 52.6 Å². The predicted octanol–water partition coefficient (Wildman–Crippen LogP) is 6.36. The number of Topliss-reactive ketones (excluding diaryl/α,β-unsaturated/α-hetero) is 1. The van der Waals surface area contributed by atoms with Crippen LogP contribution < -0.4 is 4.74 Å². The van der Waals surface area contributed by atoms with Gasteiger partial charge in [0.15, 0.2) is 5.78 Å². The summed E-state index contributed by atoms with van der Waals surface area (Å²) in [7, 11) is 0. The van der Waals surface area contributed by atoms with Crippen LogP contribution in [0.4, 0.5) is 0 Å². The molecule has 0 radical (unpaired) electrons. The van der Waals surface area contributed by atoms with Gasteiger partial charge in [-0.2, -0.15) is 0 Å². The molecule has 0 aliphatic rings. The molecule has 3 aromatic carbocycles. The molecular weight excluding hydrogens is 400 g/mol. The number of esters is 1. The zero-order chi connectivity index (χ0) is 22.6. The molecular formula is C28H30O4. The zero-order valence-corrected chi connectivity index (χ0v) is 18.5. The average Bonchev–Trinajstić information content (AvgIpc) is 2.84. The standard InChI is InChI=1S/C28H30O4/c1-2-31-27(29)19-10-9-18-26(23-14-7-4-8-15-23)28(30)24-16-11-17-25(20-24)32-21-22-12-5-3-6-13-22/h3-8,11-17,20,26H,2,9-10,18-19,21H2,1H3. The number of hydrogen-bond acceptors (Lipinski definition) is 4. The Morgan fingerprint density at radius 2 is 1.56 bits per heavy atom. The monoisotopic (exact) mass is 430 g/mol. The maximum Gasteiger partial charge on any atom is 0.305 e. The Hall–Kier alpha value is -3.40. The third kappa shape index (κ3) is 7.09. The lowest BCUT2D eigenvalue weighted by Gasteiger charge is -2.17. The molecule has 4 heteroatoms. The molecule has 0 aliphatic carbocycles. The molecule has 0 amide bonds. The largest absolute Gasteiger partial charge is 0.489 e. The second-order valence-corrected chi connectivity index (χ2v) is 7.68. The number of ketones is 1. The van der Waals surface area contributed by atoms with Gasteiger partial charge in [-0.05, 0) is 43.0 Å². The van der Waals surface area contributed by atoms with E-state index in [1.807, 2.05) is 84.9 Å². The number of rotatable bonds is 12. The van der Waals surface area contributed by atoms with Gasteiger partial charge in [0.25, 0.3) is 0 Å². The van der Waals surface area contributed by atoms with Crippen molar-refractivity contribution in [1.29, 1.82) is 0 Å². The first-order valence-corrected chi connectivity index (χ1v) is 11.2. The highest BCUT2D eigenvalue weighted by Gasteiger charge is 2.22. The first kappa shape index (κ1) is 23.3. The summed E-state index contributed by atoms with van der Waals surface area (Å²) in [5.74, 6) is 0.299. The summed E-state index contributed by atoms with van der Waals surface area (Å²) in [6, 6.07) is 27.2. The van der Waals surface area contributed by atoms with Gasteiger partial charge < -0.3 is 9.47 Å². The molecule has 1 unspecified atom stereocenters. The summed E-state index contributed by atoms with van der Waals surface area (Å²) in [5.41, 5.74) is 2.70. The van der Waals surface area contributed by atoms with Crippen LogP contribution in [0.2, 0.25) is 0 Å². The van der Waals surface area contributed by atoms with Gasteiger partial charge >= 0.3 is 5.97 Å². The molecule has 0 fully saturated rings. The summed E-state index contributed by atoms with van der Waals surface area (Å²) in [6.45, 7) is 2.65. The van der Waals surface area contributed by atoms with Crippen molar-refractivity contribution in [3.63, 3.8) is 0 Å². The lowest BCUT2D eigenvalue weighted by atomic mass is 9.86. The van der Waals surface area contributed by atoms with Crippen molar-refractivity contribution in [3.8, 4) is 5.75 Å². The molecule has 0 aromatic heterocycles. The van der Waals surface area contributed by atoms with E-state index in [-0.39, 0.29) is 17.7 Å². The molecule has 0 N–H and O–H groups in total. The van der Waals surface area contributed by atoms with E-state index in [0.717, 1.165) is 17.5 Å². The summed E-state index contributed by atoms with van der Waals surface area (Å²) >= 11 is 0. The van der Waals surface area contributed by atoms with Crippen molar-refractivity contribution in [3.05, 3.63) is 102 Å². The molecule has 32 heavy (non-hydrogen) atoms. The van der Waals surface area contributed by atoms with Crippen molar-refractivity contribution < 1.29 is 19.1 Å². The van der Waals surface area contributed by atoms with Crippen molar-refractivity contribution in [2.45, 2.75) is 45.1 Å². The lowest BCUT2D eigenvalue weighted by Crippen LogP contribution is -2.14. The molecule has 166 valence electrons. The number of carbonyl (C=O) groups excluding carboxylic acids is 2. The van der Waals surface area contributed by atoms with E-state index in [2.05, 4.69) is 0 Å². The molecule has 1 atom stereocenters. The van der Waals surface area contributed by atoms with Crippen molar-refractivity contribution in [2.75, 3.05) is 6.61 Å². The van der Waals surface area contributed by atoms with E-state index in [9.17, 15) is 9.59 Å². The smallest absolute Gasteiger partial charge is 0.305 e. The normalized spacial score (nSPS) is 11.5. The van der Waals surface area contributed by atoms with Crippen molar-refractivity contribution in [1.82, 2.24) is 0 Å². The maximum atomic E-state index is 13.5. The molecule has 0 heterocycles. The zero-order valence-electron chi connectivity index (χ0n) is 18.5. The Kier molecular flexibility index (Phi) is 9.05. The number of carbonyl (C=O) groups is 2. The second-order valence-electron chi connectivity index (χ2n) is 7.68. The molecule has 0 aliphatic heterocycles. The summed E-state index contributed by atoms with van der Waals surface area (Å²) in [6.07, 6.45) is 2.54. The first-order valence-electron chi connectivity index (χ1n) is 11.2. The minimum Gasteiger partial charge on any atom is -0.489 e. The maximum absolute atomic E-state index is 13.5. The second kappa shape index (κ2) is 12.5. The van der Waals surface area contributed by atoms with Gasteiger partial charge in [-0.1, -0.05) is 79.2 Å². The Labute approximate surface area is 190 Å². The highest BCUT2D eigenvalue weighted by Crippen LogP contribution is 2.28. The SMILES string of the molecule is CCOC(=O)CCCCC(C(=O)c1cccc(OCc2ccccc2)c1)c1ccccc1. The molecule has 0 spiro atoms. The highest BCUT2D eigenvalue weighted by molar-refractivity contribution is 6.01. The summed E-state index contributed by atoms with van der Waals surface area (Å²) in [5, 5.41) is 0. The van der Waals surface area contributed by atoms with Gasteiger partial charge in [0.05, 0.1) is 6.61 Å². The van der Waals surface area contributed by atoms with Crippen molar-refractivity contribution in [2.24, 2.45) is 0 Å². The highest BCUT2D eigenvalue weighted by atomic mass is 16.5. The van der Waals surface area contributed by atoms with Gasteiger partial charge in [0.2, 0.25) is 0 Å². The number of ether oxygens (including phenoxy) is 2. The van der Waals surface area contributed by atoms with Crippen LogP contribution >= 0.6 is 0 Å². The molecule has 3 aromatic rings. The van der Waals surface area contributed by atoms with Crippen molar-refractivity contribution >= 4 is 11.8 Å². The molecule has 0 bridgehead atoms. The van der Waals surface area contributed by atoms with E-state index in [1.54, 1.807) is 6.92 Å². The number of benzene rings is 3. The summed E-state index contributed by atoms with van der Waals surface area (Å²) in [4.78, 5) is 25.1. The van der Waals surface area contributed by atoms with Gasteiger partial charge in [-0.3, -0.25) is 9.59 Å². The summed E-state index contributed by atoms with van der Waals surface area (Å²) < 4.78 is 10.9. The Morgan fingerprint density at radius 3 is 2.28 bits per heavy atom. The van der Waals surface area contributed by atoms with Crippen LogP contribution in [-0.4, -0.2) is 18.4 Å². The van der Waals surface area contributed by atoms with Gasteiger partial charge in [0.1, 0.15) is 12.4 Å². The molecule has 0 saturated heterocycles. The van der Waals surface area contributed by atoms with E-state index in [4.69, 9.17) is 9.47 Å². The fraction of sp³-hybridized carbons (Fsp3) is 0.286. The van der Waals surface area contributed by atoms with E-state index < -0.39 is 0 Å². The average molecular weight is 431 g/mol. The number of unbranched alkanes of at least 4 members (excludes halogenated alkanes) is 1. The quantitative estimate of drug-likeness (QED) is 0.191. The van der Waals surface area contributed by atoms with Gasteiger partial charge in [-0.15, -0.1) is 0 Å². The van der Waals surface area contributed by atoms with Crippen LogP contribution in [0.5, 0.6) is 5.75 Å². The Morgan fingerprint density at radius 1 is 0.844 bits per heavy atom. The predicted molar refractivity (Wildman–Crippen MR) is 126 cm³/mol. The van der Waals surface area contributed by atoms with Crippen LogP contribution in [0, 0.1) is 0 Å². The fourth-order valence-corrected chi connectivity index (χ4v) is 3.67. The molecule has 3 rings (SSSR count). The van der Waals surface area contributed by atoms with Crippen LogP contribution in [0.15, 0.2) is 84.9 Å². The van der Waals surface area contributed by atoms with Crippen LogP contribution in [0.1, 0.15) is 60.0 Å². The number of hydrogen-bond donors (Lipinski definition) is 0. The Bertz CT molecular complexity index is 983. The lowest BCUT2D eigenvalue weighted by molar-refractivity contribution is -0.143. The fourth-order valence-electron chi connectivity index (χ4n) is 3.67. The minimum absolute atomic E-state index is 0.0671. The minimum atomic E-state index is -0.261. The third-order valence-electron chi connectivity index (χ3n) is 5.31. The van der Waals surface area contributed by atoms with Crippen LogP contribution in [0.25, 0.3) is 0 Å². The van der Waals surface area contributed by atoms with E-state index in [0.29, 0.717) is 43.8 Å². The van der Waals surface area contributed by atoms with Crippen LogP contribution in [-0.2, 0) is 16.1 Å². The van der Waals surface area contributed by atoms with E-state index in [1.165, 1.54) is 0 Å². The van der Waals surface area contributed by atoms with Crippen LogP contribution in [0.3, 0.4) is 0 Å². The molecule has 4 nitrogen and oxygen atoms in total. The van der Waals surface area contributed by atoms with Gasteiger partial charge in [0, 0.05) is 17.9 Å². The Balaban J connectivity index is 1.68. The van der Waals surface area contributed by atoms with E-state index >= 15 is 0 Å². The first-order chi connectivity index (χ1) is 15.7. The van der Waals surface area contributed by atoms with Gasteiger partial charge in [-0.25, -0.2) is 0 Å². The molecule has 0 saturated carbocycles.